The van der Waals surface area contributed by atoms with Crippen LogP contribution >= 0.6 is 0 Å². The van der Waals surface area contributed by atoms with Gasteiger partial charge in [-0.3, -0.25) is 14.4 Å². The third kappa shape index (κ3) is 4.44. The van der Waals surface area contributed by atoms with Gasteiger partial charge in [0.05, 0.1) is 17.4 Å². The average Bonchev–Trinajstić information content (AvgIpc) is 3.19. The van der Waals surface area contributed by atoms with Crippen molar-refractivity contribution in [2.45, 2.75) is 31.9 Å². The average molecular weight is 423 g/mol. The van der Waals surface area contributed by atoms with Crippen molar-refractivity contribution in [3.05, 3.63) is 36.8 Å². The Hall–Kier alpha value is -2.87. The number of pyridine rings is 2. The number of amides is 1. The number of aromatic nitrogens is 4. The number of carbonyl (C=O) groups excluding carboxylic acids is 1. The van der Waals surface area contributed by atoms with Gasteiger partial charge >= 0.3 is 0 Å². The molecule has 0 spiro atoms. The number of hydrogen-bond donors (Lipinski definition) is 1. The summed E-state index contributed by atoms with van der Waals surface area (Å²) in [6.07, 6.45) is 8.60. The van der Waals surface area contributed by atoms with Crippen molar-refractivity contribution in [3.63, 3.8) is 0 Å². The minimum Gasteiger partial charge on any atom is -0.310 e. The van der Waals surface area contributed by atoms with Crippen LogP contribution in [0.25, 0.3) is 22.2 Å². The maximum Gasteiger partial charge on any atom is 0.228 e. The van der Waals surface area contributed by atoms with Gasteiger partial charge in [0.1, 0.15) is 12.0 Å². The second-order valence-electron chi connectivity index (χ2n) is 8.88. The van der Waals surface area contributed by atoms with Crippen molar-refractivity contribution in [2.75, 3.05) is 25.0 Å². The Balaban J connectivity index is 1.21. The molecule has 8 heteroatoms. The molecule has 1 amide bonds. The highest BCUT2D eigenvalue weighted by Crippen LogP contribution is 2.31. The maximum absolute atomic E-state index is 13.0. The van der Waals surface area contributed by atoms with E-state index < -0.39 is 6.17 Å². The van der Waals surface area contributed by atoms with E-state index in [0.29, 0.717) is 24.8 Å². The lowest BCUT2D eigenvalue weighted by Crippen LogP contribution is -2.50. The van der Waals surface area contributed by atoms with E-state index in [2.05, 4.69) is 20.3 Å². The Kier molecular flexibility index (Phi) is 5.40. The number of nitrogens with zero attached hydrogens (tertiary/aromatic N) is 5. The fourth-order valence-corrected chi connectivity index (χ4v) is 4.66. The van der Waals surface area contributed by atoms with Crippen molar-refractivity contribution in [1.82, 2.24) is 24.6 Å². The van der Waals surface area contributed by atoms with Gasteiger partial charge in [0.25, 0.3) is 0 Å². The number of likely N-dealkylation sites (tertiary alicyclic amines) is 1. The van der Waals surface area contributed by atoms with Crippen LogP contribution in [0.5, 0.6) is 0 Å². The molecule has 0 bridgehead atoms. The summed E-state index contributed by atoms with van der Waals surface area (Å²) < 4.78 is 14.7. The lowest BCUT2D eigenvalue weighted by atomic mass is 9.81. The smallest absolute Gasteiger partial charge is 0.228 e. The summed E-state index contributed by atoms with van der Waals surface area (Å²) in [7, 11) is 1.87. The number of aryl methyl sites for hydroxylation is 1. The highest BCUT2D eigenvalue weighted by Gasteiger charge is 2.31. The fourth-order valence-electron chi connectivity index (χ4n) is 4.66. The van der Waals surface area contributed by atoms with Crippen LogP contribution in [0, 0.1) is 11.8 Å². The van der Waals surface area contributed by atoms with E-state index in [1.165, 1.54) is 0 Å². The molecule has 1 aliphatic heterocycles. The second kappa shape index (κ2) is 8.34. The van der Waals surface area contributed by atoms with Crippen molar-refractivity contribution in [1.29, 1.82) is 0 Å². The monoisotopic (exact) mass is 422 g/mol. The van der Waals surface area contributed by atoms with Gasteiger partial charge in [-0.05, 0) is 43.7 Å². The van der Waals surface area contributed by atoms with Crippen LogP contribution in [-0.2, 0) is 11.8 Å². The molecule has 1 saturated carbocycles. The van der Waals surface area contributed by atoms with E-state index in [1.807, 2.05) is 31.4 Å². The zero-order valence-corrected chi connectivity index (χ0v) is 17.7. The fraction of sp³-hybridized carbons (Fsp3) is 0.478. The maximum atomic E-state index is 13.0. The summed E-state index contributed by atoms with van der Waals surface area (Å²) in [4.78, 5) is 24.1. The van der Waals surface area contributed by atoms with Crippen LogP contribution in [0.4, 0.5) is 10.2 Å². The van der Waals surface area contributed by atoms with Crippen molar-refractivity contribution in [2.24, 2.45) is 18.9 Å². The Morgan fingerprint density at radius 3 is 2.71 bits per heavy atom. The molecule has 7 nitrogen and oxygen atoms in total. The van der Waals surface area contributed by atoms with E-state index >= 15 is 0 Å². The Bertz CT molecular complexity index is 1080. The third-order valence-corrected chi connectivity index (χ3v) is 6.47. The molecular formula is C23H27FN6O. The Morgan fingerprint density at radius 1 is 1.19 bits per heavy atom. The van der Waals surface area contributed by atoms with E-state index in [0.717, 1.165) is 54.4 Å². The number of alkyl halides is 1. The predicted molar refractivity (Wildman–Crippen MR) is 117 cm³/mol. The molecular weight excluding hydrogens is 395 g/mol. The molecule has 1 N–H and O–H groups in total. The number of anilines is 1. The number of rotatable bonds is 5. The van der Waals surface area contributed by atoms with Crippen LogP contribution in [0.1, 0.15) is 25.7 Å². The molecule has 5 rings (SSSR count). The molecule has 0 aromatic carbocycles. The molecule has 2 aliphatic rings. The van der Waals surface area contributed by atoms with Crippen LogP contribution in [0.15, 0.2) is 36.8 Å². The number of hydrogen-bond acceptors (Lipinski definition) is 5. The van der Waals surface area contributed by atoms with Crippen molar-refractivity contribution >= 4 is 22.6 Å². The summed E-state index contributed by atoms with van der Waals surface area (Å²) in [5, 5.41) is 8.11. The van der Waals surface area contributed by atoms with Crippen LogP contribution < -0.4 is 5.32 Å². The number of nitrogens with one attached hydrogen (secondary N) is 1. The van der Waals surface area contributed by atoms with Gasteiger partial charge in [0.15, 0.2) is 0 Å². The SMILES string of the molecule is Cn1cc(-c2ccc3cnc(NC(=O)C4CCC(CN5CC(F)C5)CC4)cc3n2)cn1. The zero-order chi connectivity index (χ0) is 21.4. The molecule has 0 radical (unpaired) electrons. The Labute approximate surface area is 180 Å². The summed E-state index contributed by atoms with van der Waals surface area (Å²) in [6.45, 7) is 2.11. The number of halogens is 1. The van der Waals surface area contributed by atoms with Gasteiger partial charge in [0, 0.05) is 62.0 Å². The van der Waals surface area contributed by atoms with Gasteiger partial charge in [-0.1, -0.05) is 0 Å². The minimum absolute atomic E-state index is 0.00810. The predicted octanol–water partition coefficient (Wildman–Crippen LogP) is 3.43. The van der Waals surface area contributed by atoms with E-state index in [-0.39, 0.29) is 11.8 Å². The minimum atomic E-state index is -0.647. The summed E-state index contributed by atoms with van der Waals surface area (Å²) >= 11 is 0. The molecule has 1 aliphatic carbocycles. The Morgan fingerprint density at radius 2 is 2.00 bits per heavy atom. The van der Waals surface area contributed by atoms with Gasteiger partial charge in [0.2, 0.25) is 5.91 Å². The van der Waals surface area contributed by atoms with Crippen molar-refractivity contribution in [3.8, 4) is 11.3 Å². The molecule has 0 unspecified atom stereocenters. The second-order valence-corrected chi connectivity index (χ2v) is 8.88. The summed E-state index contributed by atoms with van der Waals surface area (Å²) in [5.74, 6) is 1.14. The first kappa shape index (κ1) is 20.1. The molecule has 3 aromatic heterocycles. The zero-order valence-electron chi connectivity index (χ0n) is 17.7. The highest BCUT2D eigenvalue weighted by molar-refractivity contribution is 5.93. The van der Waals surface area contributed by atoms with Gasteiger partial charge in [-0.15, -0.1) is 0 Å². The molecule has 31 heavy (non-hydrogen) atoms. The molecule has 162 valence electrons. The topological polar surface area (TPSA) is 75.9 Å². The normalized spacial score (nSPS) is 22.4. The third-order valence-electron chi connectivity index (χ3n) is 6.47. The first-order chi connectivity index (χ1) is 15.0. The van der Waals surface area contributed by atoms with Gasteiger partial charge in [-0.2, -0.15) is 5.10 Å². The lowest BCUT2D eigenvalue weighted by molar-refractivity contribution is -0.121. The quantitative estimate of drug-likeness (QED) is 0.682. The first-order valence-corrected chi connectivity index (χ1v) is 11.0. The lowest BCUT2D eigenvalue weighted by Gasteiger charge is -2.38. The summed E-state index contributed by atoms with van der Waals surface area (Å²) in [5.41, 5.74) is 2.57. The van der Waals surface area contributed by atoms with Gasteiger partial charge in [-0.25, -0.2) is 14.4 Å². The molecule has 4 heterocycles. The van der Waals surface area contributed by atoms with Crippen molar-refractivity contribution < 1.29 is 9.18 Å². The highest BCUT2D eigenvalue weighted by atomic mass is 19.1. The molecule has 0 atom stereocenters. The molecule has 3 aromatic rings. The summed E-state index contributed by atoms with van der Waals surface area (Å²) in [6, 6.07) is 5.76. The first-order valence-electron chi connectivity index (χ1n) is 11.0. The van der Waals surface area contributed by atoms with E-state index in [9.17, 15) is 9.18 Å². The largest absolute Gasteiger partial charge is 0.310 e. The standard InChI is InChI=1S/C23H27FN6O/c1-29-12-18(10-26-29)20-7-6-17-9-25-22(8-21(17)27-20)28-23(31)16-4-2-15(3-5-16)11-30-13-19(24)14-30/h6-10,12,15-16,19H,2-5,11,13-14H2,1H3,(H,25,28,31). The van der Waals surface area contributed by atoms with Crippen LogP contribution in [-0.4, -0.2) is 56.4 Å². The number of fused-ring (bicyclic) bond motifs is 1. The van der Waals surface area contributed by atoms with Gasteiger partial charge < -0.3 is 5.32 Å². The van der Waals surface area contributed by atoms with E-state index in [1.54, 1.807) is 17.1 Å². The van der Waals surface area contributed by atoms with Crippen LogP contribution in [0.3, 0.4) is 0 Å². The van der Waals surface area contributed by atoms with Crippen LogP contribution in [0.2, 0.25) is 0 Å². The van der Waals surface area contributed by atoms with E-state index in [4.69, 9.17) is 4.98 Å². The molecule has 2 fully saturated rings. The number of carbonyl (C=O) groups is 1. The molecule has 1 saturated heterocycles.